The number of ether oxygens (including phenoxy) is 1. The predicted molar refractivity (Wildman–Crippen MR) is 42.1 cm³/mol. The predicted octanol–water partition coefficient (Wildman–Crippen LogP) is 1.66. The van der Waals surface area contributed by atoms with Gasteiger partial charge in [-0.3, -0.25) is 0 Å². The third kappa shape index (κ3) is 0.444. The van der Waals surface area contributed by atoms with Gasteiger partial charge in [-0.2, -0.15) is 0 Å². The summed E-state index contributed by atoms with van der Waals surface area (Å²) in [6, 6.07) is 0. The molecule has 0 amide bonds. The van der Waals surface area contributed by atoms with Crippen molar-refractivity contribution in [1.29, 1.82) is 0 Å². The molecule has 0 heterocycles. The second kappa shape index (κ2) is 1.61. The first-order chi connectivity index (χ1) is 4.84. The Balaban J connectivity index is 1.95. The number of halogens is 1. The van der Waals surface area contributed by atoms with E-state index in [-0.39, 0.29) is 0 Å². The molecule has 10 heavy (non-hydrogen) atoms. The SMILES string of the molecule is CO[C@@H]1C2C3[C@H]2C[C@H]1[C@@H]3Br. The molecule has 56 valence electrons. The summed E-state index contributed by atoms with van der Waals surface area (Å²) in [5.41, 5.74) is 0. The van der Waals surface area contributed by atoms with Crippen LogP contribution in [0, 0.1) is 23.7 Å². The average molecular weight is 203 g/mol. The van der Waals surface area contributed by atoms with E-state index in [0.717, 1.165) is 28.5 Å². The molecule has 6 atom stereocenters. The standard InChI is InChI=1S/C8H11BrO/c1-10-8-4-2-3-5(6(3)8)7(4)9/h3-8H,2H2,1H3/t3-,4+,5?,6?,7+,8+/m1/s1. The molecular weight excluding hydrogens is 192 g/mol. The fourth-order valence-electron chi connectivity index (χ4n) is 3.32. The molecule has 4 bridgehead atoms. The molecule has 4 rings (SSSR count). The number of hydrogen-bond donors (Lipinski definition) is 0. The highest BCUT2D eigenvalue weighted by Crippen LogP contribution is 2.72. The molecular formula is C8H11BrO. The fourth-order valence-corrected chi connectivity index (χ4v) is 4.58. The van der Waals surface area contributed by atoms with Crippen LogP contribution >= 0.6 is 15.9 Å². The first-order valence-electron chi connectivity index (χ1n) is 4.01. The maximum absolute atomic E-state index is 5.46. The van der Waals surface area contributed by atoms with Crippen LogP contribution in [0.1, 0.15) is 6.42 Å². The van der Waals surface area contributed by atoms with Crippen molar-refractivity contribution in [2.75, 3.05) is 7.11 Å². The number of methoxy groups -OCH3 is 1. The Kier molecular flexibility index (Phi) is 0.968. The van der Waals surface area contributed by atoms with E-state index in [1.165, 1.54) is 6.42 Å². The largest absolute Gasteiger partial charge is 0.381 e. The zero-order chi connectivity index (χ0) is 6.88. The van der Waals surface area contributed by atoms with Gasteiger partial charge in [0, 0.05) is 11.9 Å². The van der Waals surface area contributed by atoms with E-state index in [9.17, 15) is 0 Å². The normalized spacial score (nSPS) is 69.0. The number of rotatable bonds is 1. The van der Waals surface area contributed by atoms with Gasteiger partial charge in [-0.05, 0) is 30.1 Å². The lowest BCUT2D eigenvalue weighted by Gasteiger charge is -2.14. The van der Waals surface area contributed by atoms with Crippen molar-refractivity contribution < 1.29 is 4.74 Å². The minimum absolute atomic E-state index is 0.611. The van der Waals surface area contributed by atoms with E-state index in [2.05, 4.69) is 15.9 Å². The number of hydrogen-bond acceptors (Lipinski definition) is 1. The van der Waals surface area contributed by atoms with Crippen LogP contribution in [0.2, 0.25) is 0 Å². The van der Waals surface area contributed by atoms with Crippen molar-refractivity contribution >= 4 is 15.9 Å². The molecule has 1 nitrogen and oxygen atoms in total. The van der Waals surface area contributed by atoms with Crippen LogP contribution in [0.15, 0.2) is 0 Å². The van der Waals surface area contributed by atoms with Crippen molar-refractivity contribution in [3.05, 3.63) is 0 Å². The van der Waals surface area contributed by atoms with Gasteiger partial charge in [-0.1, -0.05) is 15.9 Å². The molecule has 4 aliphatic rings. The molecule has 4 fully saturated rings. The highest BCUT2D eigenvalue weighted by atomic mass is 79.9. The monoisotopic (exact) mass is 202 g/mol. The van der Waals surface area contributed by atoms with Crippen molar-refractivity contribution in [2.24, 2.45) is 23.7 Å². The minimum atomic E-state index is 0.611. The third-order valence-electron chi connectivity index (χ3n) is 3.69. The highest BCUT2D eigenvalue weighted by molar-refractivity contribution is 9.09. The van der Waals surface area contributed by atoms with E-state index in [0.29, 0.717) is 6.10 Å². The summed E-state index contributed by atoms with van der Waals surface area (Å²) in [6.45, 7) is 0. The Morgan fingerprint density at radius 2 is 2.10 bits per heavy atom. The highest BCUT2D eigenvalue weighted by Gasteiger charge is 2.73. The van der Waals surface area contributed by atoms with Gasteiger partial charge < -0.3 is 4.74 Å². The van der Waals surface area contributed by atoms with Crippen molar-refractivity contribution in [3.8, 4) is 0 Å². The van der Waals surface area contributed by atoms with Gasteiger partial charge in [0.15, 0.2) is 0 Å². The van der Waals surface area contributed by atoms with Gasteiger partial charge in [0.1, 0.15) is 0 Å². The summed E-state index contributed by atoms with van der Waals surface area (Å²) in [4.78, 5) is 0.799. The maximum Gasteiger partial charge on any atom is 0.0644 e. The minimum Gasteiger partial charge on any atom is -0.381 e. The lowest BCUT2D eigenvalue weighted by atomic mass is 10.1. The van der Waals surface area contributed by atoms with Crippen LogP contribution in [0.25, 0.3) is 0 Å². The van der Waals surface area contributed by atoms with Gasteiger partial charge >= 0.3 is 0 Å². The molecule has 0 aliphatic heterocycles. The smallest absolute Gasteiger partial charge is 0.0644 e. The molecule has 0 spiro atoms. The zero-order valence-electron chi connectivity index (χ0n) is 5.96. The molecule has 0 aromatic carbocycles. The van der Waals surface area contributed by atoms with E-state index in [1.54, 1.807) is 0 Å². The van der Waals surface area contributed by atoms with Crippen LogP contribution in [0.3, 0.4) is 0 Å². The van der Waals surface area contributed by atoms with Gasteiger partial charge in [-0.15, -0.1) is 0 Å². The Morgan fingerprint density at radius 1 is 1.30 bits per heavy atom. The third-order valence-corrected chi connectivity index (χ3v) is 4.98. The molecule has 2 unspecified atom stereocenters. The zero-order valence-corrected chi connectivity index (χ0v) is 7.54. The first-order valence-corrected chi connectivity index (χ1v) is 4.93. The summed E-state index contributed by atoms with van der Waals surface area (Å²) in [5.74, 6) is 3.83. The van der Waals surface area contributed by atoms with Crippen molar-refractivity contribution in [2.45, 2.75) is 17.4 Å². The van der Waals surface area contributed by atoms with Crippen LogP contribution in [-0.4, -0.2) is 18.0 Å². The molecule has 2 heteroatoms. The Bertz CT molecular complexity index is 182. The lowest BCUT2D eigenvalue weighted by molar-refractivity contribution is 0.0732. The summed E-state index contributed by atoms with van der Waals surface area (Å²) in [7, 11) is 1.86. The average Bonchev–Trinajstić information content (AvgIpc) is 2.29. The second-order valence-corrected chi connectivity index (χ2v) is 4.92. The van der Waals surface area contributed by atoms with Gasteiger partial charge in [-0.25, -0.2) is 0 Å². The van der Waals surface area contributed by atoms with E-state index >= 15 is 0 Å². The quantitative estimate of drug-likeness (QED) is 0.589. The van der Waals surface area contributed by atoms with Crippen molar-refractivity contribution in [1.82, 2.24) is 0 Å². The Morgan fingerprint density at radius 3 is 2.30 bits per heavy atom. The van der Waals surface area contributed by atoms with Crippen molar-refractivity contribution in [3.63, 3.8) is 0 Å². The Labute approximate surface area is 69.3 Å². The molecule has 4 aliphatic carbocycles. The molecule has 0 aromatic rings. The summed E-state index contributed by atoms with van der Waals surface area (Å²) < 4.78 is 5.46. The lowest BCUT2D eigenvalue weighted by Crippen LogP contribution is -2.18. The van der Waals surface area contributed by atoms with E-state index in [4.69, 9.17) is 4.74 Å². The Hall–Kier alpha value is 0.440. The van der Waals surface area contributed by atoms with Crippen LogP contribution < -0.4 is 0 Å². The maximum atomic E-state index is 5.46. The molecule has 0 saturated heterocycles. The first kappa shape index (κ1) is 6.01. The van der Waals surface area contributed by atoms with Crippen LogP contribution in [0.5, 0.6) is 0 Å². The molecule has 0 N–H and O–H groups in total. The molecule has 0 radical (unpaired) electrons. The number of alkyl halides is 1. The summed E-state index contributed by atoms with van der Waals surface area (Å²) >= 11 is 3.75. The topological polar surface area (TPSA) is 9.23 Å². The summed E-state index contributed by atoms with van der Waals surface area (Å²) in [5, 5.41) is 0. The second-order valence-electron chi connectivity index (χ2n) is 3.86. The van der Waals surface area contributed by atoms with Crippen LogP contribution in [-0.2, 0) is 4.74 Å². The summed E-state index contributed by atoms with van der Waals surface area (Å²) in [6.07, 6.45) is 2.04. The fraction of sp³-hybridized carbons (Fsp3) is 1.00. The van der Waals surface area contributed by atoms with Gasteiger partial charge in [0.25, 0.3) is 0 Å². The van der Waals surface area contributed by atoms with Gasteiger partial charge in [0.05, 0.1) is 6.10 Å². The molecule has 0 aromatic heterocycles. The molecule has 4 saturated carbocycles. The van der Waals surface area contributed by atoms with E-state index < -0.39 is 0 Å². The van der Waals surface area contributed by atoms with E-state index in [1.807, 2.05) is 7.11 Å². The van der Waals surface area contributed by atoms with Gasteiger partial charge in [0.2, 0.25) is 0 Å². The van der Waals surface area contributed by atoms with Crippen LogP contribution in [0.4, 0.5) is 0 Å².